The lowest BCUT2D eigenvalue weighted by Crippen LogP contribution is -2.41. The quantitative estimate of drug-likeness (QED) is 0.419. The van der Waals surface area contributed by atoms with Crippen molar-refractivity contribution in [3.8, 4) is 0 Å². The first kappa shape index (κ1) is 17.1. The molecule has 0 amide bonds. The van der Waals surface area contributed by atoms with E-state index >= 15 is 0 Å². The van der Waals surface area contributed by atoms with Crippen molar-refractivity contribution in [2.24, 2.45) is 10.7 Å². The fraction of sp³-hybridized carbons (Fsp3) is 0.562. The van der Waals surface area contributed by atoms with Gasteiger partial charge in [-0.15, -0.1) is 24.0 Å². The standard InChI is InChI=1S/C16H22BrN3.HI/c17-14-6-4-5-13(11-14)16(7-8-16)12-19-15(18)20-9-2-1-3-10-20;/h4-6,11H,1-3,7-10,12H2,(H2,18,19);1H. The fourth-order valence-corrected chi connectivity index (χ4v) is 3.36. The number of halogens is 2. The minimum absolute atomic E-state index is 0. The summed E-state index contributed by atoms with van der Waals surface area (Å²) in [6, 6.07) is 8.62. The van der Waals surface area contributed by atoms with Gasteiger partial charge in [0.05, 0.1) is 6.54 Å². The molecule has 3 rings (SSSR count). The summed E-state index contributed by atoms with van der Waals surface area (Å²) in [7, 11) is 0. The summed E-state index contributed by atoms with van der Waals surface area (Å²) in [5.41, 5.74) is 7.79. The topological polar surface area (TPSA) is 41.6 Å². The van der Waals surface area contributed by atoms with Crippen molar-refractivity contribution in [2.45, 2.75) is 37.5 Å². The van der Waals surface area contributed by atoms with Crippen LogP contribution < -0.4 is 5.73 Å². The van der Waals surface area contributed by atoms with E-state index in [4.69, 9.17) is 10.7 Å². The number of nitrogens with zero attached hydrogens (tertiary/aromatic N) is 2. The number of aliphatic imine (C=N–C) groups is 1. The summed E-state index contributed by atoms with van der Waals surface area (Å²) in [5, 5.41) is 0. The third-order valence-corrected chi connectivity index (χ3v) is 5.01. The van der Waals surface area contributed by atoms with Crippen LogP contribution in [0.25, 0.3) is 0 Å². The fourth-order valence-electron chi connectivity index (χ4n) is 2.96. The highest BCUT2D eigenvalue weighted by molar-refractivity contribution is 14.0. The highest BCUT2D eigenvalue weighted by Crippen LogP contribution is 2.48. The predicted molar refractivity (Wildman–Crippen MR) is 102 cm³/mol. The van der Waals surface area contributed by atoms with Crippen molar-refractivity contribution in [1.29, 1.82) is 0 Å². The Kier molecular flexibility index (Phi) is 5.94. The van der Waals surface area contributed by atoms with Gasteiger partial charge in [-0.05, 0) is 49.8 Å². The monoisotopic (exact) mass is 463 g/mol. The van der Waals surface area contributed by atoms with Gasteiger partial charge >= 0.3 is 0 Å². The molecule has 1 heterocycles. The molecular weight excluding hydrogens is 441 g/mol. The van der Waals surface area contributed by atoms with E-state index in [0.717, 1.165) is 30.1 Å². The highest BCUT2D eigenvalue weighted by Gasteiger charge is 2.44. The van der Waals surface area contributed by atoms with E-state index in [1.54, 1.807) is 0 Å². The molecule has 1 saturated carbocycles. The van der Waals surface area contributed by atoms with Crippen LogP contribution in [-0.2, 0) is 5.41 Å². The molecule has 1 aromatic rings. The molecular formula is C16H23BrIN3. The second kappa shape index (κ2) is 7.31. The Labute approximate surface area is 152 Å². The largest absolute Gasteiger partial charge is 0.370 e. The van der Waals surface area contributed by atoms with Crippen LogP contribution in [0.2, 0.25) is 0 Å². The van der Waals surface area contributed by atoms with Crippen LogP contribution >= 0.6 is 39.9 Å². The Morgan fingerprint density at radius 3 is 2.57 bits per heavy atom. The molecule has 1 aromatic carbocycles. The van der Waals surface area contributed by atoms with Gasteiger partial charge in [0.1, 0.15) is 0 Å². The minimum atomic E-state index is 0. The van der Waals surface area contributed by atoms with Crippen LogP contribution in [0.15, 0.2) is 33.7 Å². The summed E-state index contributed by atoms with van der Waals surface area (Å²) in [6.07, 6.45) is 6.26. The van der Waals surface area contributed by atoms with Crippen molar-refractivity contribution in [3.63, 3.8) is 0 Å². The number of benzene rings is 1. The van der Waals surface area contributed by atoms with Crippen molar-refractivity contribution >= 4 is 45.9 Å². The Bertz CT molecular complexity index is 508. The number of rotatable bonds is 3. The van der Waals surface area contributed by atoms with E-state index in [1.165, 1.54) is 37.7 Å². The van der Waals surface area contributed by atoms with Crippen molar-refractivity contribution in [3.05, 3.63) is 34.3 Å². The summed E-state index contributed by atoms with van der Waals surface area (Å²) < 4.78 is 1.15. The molecule has 5 heteroatoms. The molecule has 0 bridgehead atoms. The zero-order valence-corrected chi connectivity index (χ0v) is 16.1. The van der Waals surface area contributed by atoms with Crippen LogP contribution in [0.3, 0.4) is 0 Å². The van der Waals surface area contributed by atoms with Gasteiger partial charge in [-0.1, -0.05) is 28.1 Å². The van der Waals surface area contributed by atoms with E-state index in [1.807, 2.05) is 0 Å². The molecule has 1 aliphatic carbocycles. The first-order valence-corrected chi connectivity index (χ1v) is 8.30. The van der Waals surface area contributed by atoms with Gasteiger partial charge in [-0.3, -0.25) is 4.99 Å². The number of guanidine groups is 1. The molecule has 116 valence electrons. The molecule has 1 saturated heterocycles. The lowest BCUT2D eigenvalue weighted by molar-refractivity contribution is 0.337. The zero-order valence-electron chi connectivity index (χ0n) is 12.2. The van der Waals surface area contributed by atoms with Crippen LogP contribution in [0.4, 0.5) is 0 Å². The predicted octanol–water partition coefficient (Wildman–Crippen LogP) is 3.90. The lowest BCUT2D eigenvalue weighted by atomic mass is 9.96. The molecule has 0 spiro atoms. The summed E-state index contributed by atoms with van der Waals surface area (Å²) in [4.78, 5) is 6.93. The molecule has 2 N–H and O–H groups in total. The number of piperidine rings is 1. The average molecular weight is 464 g/mol. The Balaban J connectivity index is 0.00000161. The van der Waals surface area contributed by atoms with Gasteiger partial charge in [0.2, 0.25) is 0 Å². The van der Waals surface area contributed by atoms with Crippen LogP contribution in [0.5, 0.6) is 0 Å². The van der Waals surface area contributed by atoms with Crippen LogP contribution in [-0.4, -0.2) is 30.5 Å². The van der Waals surface area contributed by atoms with Gasteiger partial charge in [-0.2, -0.15) is 0 Å². The van der Waals surface area contributed by atoms with Gasteiger partial charge in [0.15, 0.2) is 5.96 Å². The molecule has 1 aliphatic heterocycles. The number of hydrogen-bond acceptors (Lipinski definition) is 1. The molecule has 0 unspecified atom stereocenters. The maximum Gasteiger partial charge on any atom is 0.191 e. The van der Waals surface area contributed by atoms with E-state index in [2.05, 4.69) is 45.1 Å². The molecule has 2 fully saturated rings. The van der Waals surface area contributed by atoms with Crippen molar-refractivity contribution in [2.75, 3.05) is 19.6 Å². The molecule has 0 atom stereocenters. The van der Waals surface area contributed by atoms with Gasteiger partial charge in [0.25, 0.3) is 0 Å². The normalized spacial score (nSPS) is 20.8. The Hall–Kier alpha value is -0.300. The second-order valence-electron chi connectivity index (χ2n) is 6.01. The average Bonchev–Trinajstić information content (AvgIpc) is 3.27. The lowest BCUT2D eigenvalue weighted by Gasteiger charge is -2.28. The Morgan fingerprint density at radius 1 is 1.24 bits per heavy atom. The number of nitrogens with two attached hydrogens (primary N) is 1. The van der Waals surface area contributed by atoms with Gasteiger partial charge < -0.3 is 10.6 Å². The van der Waals surface area contributed by atoms with E-state index in [-0.39, 0.29) is 29.4 Å². The molecule has 0 radical (unpaired) electrons. The second-order valence-corrected chi connectivity index (χ2v) is 6.93. The summed E-state index contributed by atoms with van der Waals surface area (Å²) in [5.74, 6) is 0.742. The van der Waals surface area contributed by atoms with Gasteiger partial charge in [0, 0.05) is 23.0 Å². The van der Waals surface area contributed by atoms with Crippen LogP contribution in [0.1, 0.15) is 37.7 Å². The third-order valence-electron chi connectivity index (χ3n) is 4.51. The number of hydrogen-bond donors (Lipinski definition) is 1. The first-order chi connectivity index (χ1) is 9.70. The molecule has 21 heavy (non-hydrogen) atoms. The minimum Gasteiger partial charge on any atom is -0.370 e. The molecule has 0 aromatic heterocycles. The number of likely N-dealkylation sites (tertiary alicyclic amines) is 1. The van der Waals surface area contributed by atoms with Crippen molar-refractivity contribution < 1.29 is 0 Å². The van der Waals surface area contributed by atoms with E-state index in [0.29, 0.717) is 0 Å². The highest BCUT2D eigenvalue weighted by atomic mass is 127. The molecule has 3 nitrogen and oxygen atoms in total. The van der Waals surface area contributed by atoms with E-state index in [9.17, 15) is 0 Å². The summed E-state index contributed by atoms with van der Waals surface area (Å²) in [6.45, 7) is 2.96. The maximum atomic E-state index is 6.16. The van der Waals surface area contributed by atoms with Gasteiger partial charge in [-0.25, -0.2) is 0 Å². The zero-order chi connectivity index (χ0) is 14.0. The third kappa shape index (κ3) is 4.12. The van der Waals surface area contributed by atoms with Crippen molar-refractivity contribution in [1.82, 2.24) is 4.90 Å². The summed E-state index contributed by atoms with van der Waals surface area (Å²) >= 11 is 3.56. The molecule has 2 aliphatic rings. The van der Waals surface area contributed by atoms with E-state index < -0.39 is 0 Å². The maximum absolute atomic E-state index is 6.16. The SMILES string of the molecule is I.NC(=NCC1(c2cccc(Br)c2)CC1)N1CCCCC1. The smallest absolute Gasteiger partial charge is 0.191 e. The first-order valence-electron chi connectivity index (χ1n) is 7.51. The Morgan fingerprint density at radius 2 is 1.95 bits per heavy atom. The van der Waals surface area contributed by atoms with Crippen LogP contribution in [0, 0.1) is 0 Å².